The Kier molecular flexibility index (Phi) is 7.17. The molecule has 1 aromatic rings. The van der Waals surface area contributed by atoms with Crippen LogP contribution in [0, 0.1) is 5.92 Å². The van der Waals surface area contributed by atoms with Gasteiger partial charge < -0.3 is 19.7 Å². The molecular weight excluding hydrogens is 358 g/mol. The largest absolute Gasteiger partial charge is 0.496 e. The third-order valence-corrected chi connectivity index (χ3v) is 4.48. The Hall–Kier alpha value is -1.27. The van der Waals surface area contributed by atoms with Gasteiger partial charge in [0.05, 0.1) is 18.2 Å². The van der Waals surface area contributed by atoms with E-state index >= 15 is 0 Å². The highest BCUT2D eigenvalue weighted by molar-refractivity contribution is 9.10. The summed E-state index contributed by atoms with van der Waals surface area (Å²) in [7, 11) is 5.49. The zero-order chi connectivity index (χ0) is 16.7. The minimum Gasteiger partial charge on any atom is -0.496 e. The fraction of sp³-hybridized carbons (Fsp3) is 0.588. The van der Waals surface area contributed by atoms with Crippen LogP contribution in [0.3, 0.4) is 0 Å². The Labute approximate surface area is 147 Å². The lowest BCUT2D eigenvalue weighted by Gasteiger charge is -2.22. The van der Waals surface area contributed by atoms with Crippen LogP contribution >= 0.6 is 15.9 Å². The Bertz CT molecular complexity index is 533. The molecule has 0 saturated heterocycles. The van der Waals surface area contributed by atoms with Gasteiger partial charge in [-0.05, 0) is 52.4 Å². The lowest BCUT2D eigenvalue weighted by Crippen LogP contribution is -2.40. The van der Waals surface area contributed by atoms with Crippen LogP contribution in [0.15, 0.2) is 27.7 Å². The molecular formula is C17H26BrN3O2. The first-order valence-corrected chi connectivity index (χ1v) is 8.75. The predicted molar refractivity (Wildman–Crippen MR) is 97.1 cm³/mol. The monoisotopic (exact) mass is 383 g/mol. The number of methoxy groups -OCH3 is 1. The van der Waals surface area contributed by atoms with E-state index in [0.29, 0.717) is 6.54 Å². The van der Waals surface area contributed by atoms with Crippen molar-refractivity contribution in [2.75, 3.05) is 41.0 Å². The van der Waals surface area contributed by atoms with Crippen LogP contribution in [-0.4, -0.2) is 51.8 Å². The van der Waals surface area contributed by atoms with Crippen molar-refractivity contribution < 1.29 is 9.47 Å². The zero-order valence-corrected chi connectivity index (χ0v) is 15.7. The zero-order valence-electron chi connectivity index (χ0n) is 14.1. The van der Waals surface area contributed by atoms with Crippen LogP contribution in [0.5, 0.6) is 5.75 Å². The summed E-state index contributed by atoms with van der Waals surface area (Å²) in [6.07, 6.45) is 2.66. The van der Waals surface area contributed by atoms with Crippen LogP contribution in [-0.2, 0) is 11.3 Å². The van der Waals surface area contributed by atoms with Gasteiger partial charge in [0.25, 0.3) is 0 Å². The van der Waals surface area contributed by atoms with E-state index in [4.69, 9.17) is 9.47 Å². The molecule has 1 N–H and O–H groups in total. The van der Waals surface area contributed by atoms with Gasteiger partial charge in [0.2, 0.25) is 0 Å². The molecule has 6 heteroatoms. The minimum atomic E-state index is 0.711. The number of nitrogens with zero attached hydrogens (tertiary/aromatic N) is 2. The van der Waals surface area contributed by atoms with Gasteiger partial charge in [-0.2, -0.15) is 0 Å². The fourth-order valence-corrected chi connectivity index (χ4v) is 2.82. The van der Waals surface area contributed by atoms with Crippen molar-refractivity contribution in [2.45, 2.75) is 19.4 Å². The standard InChI is InChI=1S/C17H26BrN3O2/c1-19-17(21(2)8-9-23-12-13-4-5-13)20-11-14-6-7-16(22-3)15(18)10-14/h6-7,10,13H,4-5,8-9,11-12H2,1-3H3,(H,19,20). The van der Waals surface area contributed by atoms with Gasteiger partial charge >= 0.3 is 0 Å². The number of guanidine groups is 1. The molecule has 1 aromatic carbocycles. The number of aliphatic imine (C=N–C) groups is 1. The first-order valence-electron chi connectivity index (χ1n) is 7.96. The second kappa shape index (κ2) is 9.13. The van der Waals surface area contributed by atoms with Crippen LogP contribution in [0.2, 0.25) is 0 Å². The average molecular weight is 384 g/mol. The Balaban J connectivity index is 1.75. The van der Waals surface area contributed by atoms with Gasteiger partial charge in [-0.1, -0.05) is 6.07 Å². The van der Waals surface area contributed by atoms with Gasteiger partial charge in [0, 0.05) is 33.8 Å². The molecule has 0 spiro atoms. The summed E-state index contributed by atoms with van der Waals surface area (Å²) in [4.78, 5) is 6.41. The summed E-state index contributed by atoms with van der Waals surface area (Å²) in [5, 5.41) is 3.37. The van der Waals surface area contributed by atoms with E-state index in [2.05, 4.69) is 37.2 Å². The maximum absolute atomic E-state index is 5.68. The number of hydrogen-bond acceptors (Lipinski definition) is 3. The summed E-state index contributed by atoms with van der Waals surface area (Å²) in [6.45, 7) is 3.18. The number of likely N-dealkylation sites (N-methyl/N-ethyl adjacent to an activating group) is 1. The van der Waals surface area contributed by atoms with Crippen molar-refractivity contribution in [3.8, 4) is 5.75 Å². The summed E-state index contributed by atoms with van der Waals surface area (Å²) < 4.78 is 11.9. The first kappa shape index (κ1) is 18.1. The van der Waals surface area contributed by atoms with Crippen LogP contribution in [0.25, 0.3) is 0 Å². The number of nitrogens with one attached hydrogen (secondary N) is 1. The van der Waals surface area contributed by atoms with Crippen molar-refractivity contribution in [2.24, 2.45) is 10.9 Å². The average Bonchev–Trinajstić information content (AvgIpc) is 3.36. The van der Waals surface area contributed by atoms with Crippen molar-refractivity contribution in [1.82, 2.24) is 10.2 Å². The number of benzene rings is 1. The highest BCUT2D eigenvalue weighted by atomic mass is 79.9. The summed E-state index contributed by atoms with van der Waals surface area (Å²) >= 11 is 3.51. The van der Waals surface area contributed by atoms with Crippen molar-refractivity contribution in [3.05, 3.63) is 28.2 Å². The van der Waals surface area contributed by atoms with Gasteiger partial charge in [-0.15, -0.1) is 0 Å². The molecule has 0 atom stereocenters. The smallest absolute Gasteiger partial charge is 0.193 e. The molecule has 1 aliphatic rings. The molecule has 0 heterocycles. The molecule has 0 aliphatic heterocycles. The molecule has 0 amide bonds. The summed E-state index contributed by atoms with van der Waals surface area (Å²) in [6, 6.07) is 6.06. The normalized spacial score (nSPS) is 14.7. The molecule has 0 radical (unpaired) electrons. The molecule has 2 rings (SSSR count). The van der Waals surface area contributed by atoms with Gasteiger partial charge in [-0.25, -0.2) is 0 Å². The fourth-order valence-electron chi connectivity index (χ4n) is 2.23. The third kappa shape index (κ3) is 6.03. The Morgan fingerprint density at radius 1 is 1.43 bits per heavy atom. The van der Waals surface area contributed by atoms with Crippen molar-refractivity contribution >= 4 is 21.9 Å². The molecule has 1 fully saturated rings. The molecule has 0 unspecified atom stereocenters. The molecule has 1 saturated carbocycles. The predicted octanol–water partition coefficient (Wildman–Crippen LogP) is 2.89. The van der Waals surface area contributed by atoms with Crippen LogP contribution in [0.4, 0.5) is 0 Å². The SMILES string of the molecule is CN=C(NCc1ccc(OC)c(Br)c1)N(C)CCOCC1CC1. The quantitative estimate of drug-likeness (QED) is 0.425. The van der Waals surface area contributed by atoms with E-state index in [9.17, 15) is 0 Å². The summed E-state index contributed by atoms with van der Waals surface area (Å²) in [5.41, 5.74) is 1.16. The maximum Gasteiger partial charge on any atom is 0.193 e. The molecule has 1 aliphatic carbocycles. The van der Waals surface area contributed by atoms with E-state index in [0.717, 1.165) is 47.4 Å². The molecule has 23 heavy (non-hydrogen) atoms. The summed E-state index contributed by atoms with van der Waals surface area (Å²) in [5.74, 6) is 2.52. The second-order valence-corrected chi connectivity index (χ2v) is 6.66. The van der Waals surface area contributed by atoms with Crippen molar-refractivity contribution in [3.63, 3.8) is 0 Å². The molecule has 128 valence electrons. The Morgan fingerprint density at radius 3 is 2.83 bits per heavy atom. The highest BCUT2D eigenvalue weighted by Crippen LogP contribution is 2.28. The molecule has 0 aromatic heterocycles. The van der Waals surface area contributed by atoms with E-state index in [1.165, 1.54) is 12.8 Å². The first-order chi connectivity index (χ1) is 11.1. The van der Waals surface area contributed by atoms with E-state index in [-0.39, 0.29) is 0 Å². The van der Waals surface area contributed by atoms with E-state index in [1.807, 2.05) is 19.2 Å². The highest BCUT2D eigenvalue weighted by Gasteiger charge is 2.21. The van der Waals surface area contributed by atoms with Crippen LogP contribution in [0.1, 0.15) is 18.4 Å². The van der Waals surface area contributed by atoms with Gasteiger partial charge in [0.15, 0.2) is 5.96 Å². The number of hydrogen-bond donors (Lipinski definition) is 1. The lowest BCUT2D eigenvalue weighted by molar-refractivity contribution is 0.115. The van der Waals surface area contributed by atoms with E-state index in [1.54, 1.807) is 14.2 Å². The minimum absolute atomic E-state index is 0.711. The number of ether oxygens (including phenoxy) is 2. The molecule has 0 bridgehead atoms. The third-order valence-electron chi connectivity index (χ3n) is 3.86. The van der Waals surface area contributed by atoms with Gasteiger partial charge in [-0.3, -0.25) is 4.99 Å². The van der Waals surface area contributed by atoms with Gasteiger partial charge in [0.1, 0.15) is 5.75 Å². The maximum atomic E-state index is 5.68. The van der Waals surface area contributed by atoms with Crippen molar-refractivity contribution in [1.29, 1.82) is 0 Å². The topological polar surface area (TPSA) is 46.1 Å². The number of halogens is 1. The van der Waals surface area contributed by atoms with E-state index < -0.39 is 0 Å². The number of rotatable bonds is 8. The second-order valence-electron chi connectivity index (χ2n) is 5.81. The molecule has 5 nitrogen and oxygen atoms in total. The Morgan fingerprint density at radius 2 is 2.22 bits per heavy atom. The van der Waals surface area contributed by atoms with Crippen LogP contribution < -0.4 is 10.1 Å². The lowest BCUT2D eigenvalue weighted by atomic mass is 10.2.